The van der Waals surface area contributed by atoms with Crippen LogP contribution in [0.3, 0.4) is 0 Å². The number of carbonyl (C=O) groups excluding carboxylic acids is 3. The van der Waals surface area contributed by atoms with Gasteiger partial charge in [-0.15, -0.1) is 11.3 Å². The highest BCUT2D eigenvalue weighted by Gasteiger charge is 2.16. The fourth-order valence-electron chi connectivity index (χ4n) is 1.85. The van der Waals surface area contributed by atoms with E-state index in [0.29, 0.717) is 4.88 Å². The van der Waals surface area contributed by atoms with Gasteiger partial charge in [-0.3, -0.25) is 9.59 Å². The second-order valence-corrected chi connectivity index (χ2v) is 6.07. The van der Waals surface area contributed by atoms with E-state index in [2.05, 4.69) is 5.32 Å². The van der Waals surface area contributed by atoms with Crippen molar-refractivity contribution in [1.29, 1.82) is 0 Å². The number of benzene rings is 1. The molecular weight excluding hydrogens is 321 g/mol. The number of esters is 1. The molecule has 1 heterocycles. The van der Waals surface area contributed by atoms with Crippen LogP contribution in [-0.2, 0) is 9.53 Å². The van der Waals surface area contributed by atoms with Gasteiger partial charge in [0.1, 0.15) is 10.7 Å². The van der Waals surface area contributed by atoms with E-state index in [1.165, 1.54) is 30.4 Å². The summed E-state index contributed by atoms with van der Waals surface area (Å²) in [6.45, 7) is 2.59. The molecular formula is C16H14FNO4S. The Kier molecular flexibility index (Phi) is 5.23. The van der Waals surface area contributed by atoms with Gasteiger partial charge in [-0.05, 0) is 37.3 Å². The summed E-state index contributed by atoms with van der Waals surface area (Å²) in [6.07, 6.45) is 0. The van der Waals surface area contributed by atoms with Crippen molar-refractivity contribution in [3.8, 4) is 0 Å². The zero-order valence-corrected chi connectivity index (χ0v) is 13.3. The van der Waals surface area contributed by atoms with E-state index in [9.17, 15) is 18.8 Å². The van der Waals surface area contributed by atoms with Crippen LogP contribution in [0.15, 0.2) is 30.3 Å². The zero-order chi connectivity index (χ0) is 17.0. The van der Waals surface area contributed by atoms with Crippen LogP contribution in [0.2, 0.25) is 0 Å². The fraction of sp³-hybridized carbons (Fsp3) is 0.188. The molecule has 0 aliphatic carbocycles. The summed E-state index contributed by atoms with van der Waals surface area (Å²) in [4.78, 5) is 35.9. The summed E-state index contributed by atoms with van der Waals surface area (Å²) < 4.78 is 18.8. The van der Waals surface area contributed by atoms with Gasteiger partial charge in [0.15, 0.2) is 6.61 Å². The molecule has 2 rings (SSSR count). The molecule has 0 radical (unpaired) electrons. The summed E-state index contributed by atoms with van der Waals surface area (Å²) in [7, 11) is 0. The lowest BCUT2D eigenvalue weighted by Crippen LogP contribution is -2.15. The molecule has 0 unspecified atom stereocenters. The Bertz CT molecular complexity index is 769. The van der Waals surface area contributed by atoms with E-state index in [0.717, 1.165) is 10.9 Å². The van der Waals surface area contributed by atoms with Crippen molar-refractivity contribution in [2.24, 2.45) is 0 Å². The third kappa shape index (κ3) is 4.46. The molecule has 0 saturated heterocycles. The number of Topliss-reactive ketones (excluding diaryl/α,β-unsaturated/α-hetero) is 1. The minimum Gasteiger partial charge on any atom is -0.453 e. The van der Waals surface area contributed by atoms with Crippen molar-refractivity contribution in [2.75, 3.05) is 11.9 Å². The van der Waals surface area contributed by atoms with E-state index in [4.69, 9.17) is 4.74 Å². The number of ether oxygens (including phenoxy) is 1. The number of carbonyl (C=O) groups is 3. The molecule has 2 aromatic rings. The van der Waals surface area contributed by atoms with Gasteiger partial charge >= 0.3 is 5.97 Å². The molecule has 7 heteroatoms. The first kappa shape index (κ1) is 16.8. The van der Waals surface area contributed by atoms with Gasteiger partial charge < -0.3 is 10.1 Å². The van der Waals surface area contributed by atoms with Crippen LogP contribution >= 0.6 is 11.3 Å². The second-order valence-electron chi connectivity index (χ2n) is 4.79. The first-order valence-corrected chi connectivity index (χ1v) is 7.52. The molecule has 0 aliphatic heterocycles. The van der Waals surface area contributed by atoms with E-state index >= 15 is 0 Å². The van der Waals surface area contributed by atoms with E-state index < -0.39 is 24.2 Å². The van der Waals surface area contributed by atoms with Gasteiger partial charge in [-0.2, -0.15) is 0 Å². The number of aryl methyl sites for hydroxylation is 1. The summed E-state index contributed by atoms with van der Waals surface area (Å²) in [5.74, 6) is -2.40. The average Bonchev–Trinajstić information content (AvgIpc) is 2.90. The Morgan fingerprint density at radius 2 is 1.96 bits per heavy atom. The molecule has 1 aromatic heterocycles. The predicted octanol–water partition coefficient (Wildman–Crippen LogP) is 3.19. The monoisotopic (exact) mass is 335 g/mol. The Balaban J connectivity index is 2.00. The van der Waals surface area contributed by atoms with Gasteiger partial charge in [-0.25, -0.2) is 9.18 Å². The molecule has 0 aliphatic rings. The van der Waals surface area contributed by atoms with Gasteiger partial charge in [-0.1, -0.05) is 0 Å². The summed E-state index contributed by atoms with van der Waals surface area (Å²) >= 11 is 1.25. The normalized spacial score (nSPS) is 10.2. The van der Waals surface area contributed by atoms with Gasteiger partial charge in [0.25, 0.3) is 0 Å². The Hall–Kier alpha value is -2.54. The molecule has 0 fully saturated rings. The highest BCUT2D eigenvalue weighted by molar-refractivity contribution is 7.13. The highest BCUT2D eigenvalue weighted by Crippen LogP contribution is 2.18. The quantitative estimate of drug-likeness (QED) is 0.673. The second kappa shape index (κ2) is 7.15. The Labute approximate surface area is 136 Å². The minimum absolute atomic E-state index is 0.200. The molecule has 0 spiro atoms. The van der Waals surface area contributed by atoms with Crippen molar-refractivity contribution in [1.82, 2.24) is 0 Å². The number of nitrogens with one attached hydrogen (secondary N) is 1. The molecule has 1 amide bonds. The smallest absolute Gasteiger partial charge is 0.348 e. The number of thiophene rings is 1. The van der Waals surface area contributed by atoms with Crippen LogP contribution in [0, 0.1) is 12.7 Å². The molecule has 23 heavy (non-hydrogen) atoms. The standard InChI is InChI=1S/C16H14FNO4S/c1-9-3-6-15(23-9)16(21)22-8-14(20)12-5-4-11(7-13(12)17)18-10(2)19/h3-7H,8H2,1-2H3,(H,18,19). The zero-order valence-electron chi connectivity index (χ0n) is 12.5. The third-order valence-electron chi connectivity index (χ3n) is 2.87. The number of hydrogen-bond acceptors (Lipinski definition) is 5. The van der Waals surface area contributed by atoms with E-state index in [-0.39, 0.29) is 17.2 Å². The maximum Gasteiger partial charge on any atom is 0.348 e. The minimum atomic E-state index is -0.788. The number of amides is 1. The first-order valence-electron chi connectivity index (χ1n) is 6.70. The number of halogens is 1. The van der Waals surface area contributed by atoms with Crippen LogP contribution in [0.1, 0.15) is 31.8 Å². The van der Waals surface area contributed by atoms with Gasteiger partial charge in [0.2, 0.25) is 11.7 Å². The van der Waals surface area contributed by atoms with Crippen molar-refractivity contribution in [3.63, 3.8) is 0 Å². The predicted molar refractivity (Wildman–Crippen MR) is 84.4 cm³/mol. The average molecular weight is 335 g/mol. The highest BCUT2D eigenvalue weighted by atomic mass is 32.1. The molecule has 0 bridgehead atoms. The van der Waals surface area contributed by atoms with Crippen LogP contribution in [0.25, 0.3) is 0 Å². The first-order chi connectivity index (χ1) is 10.9. The number of anilines is 1. The molecule has 0 saturated carbocycles. The van der Waals surface area contributed by atoms with Crippen LogP contribution < -0.4 is 5.32 Å². The summed E-state index contributed by atoms with van der Waals surface area (Å²) in [5.41, 5.74) is 0.0480. The van der Waals surface area contributed by atoms with Crippen molar-refractivity contribution < 1.29 is 23.5 Å². The van der Waals surface area contributed by atoms with Gasteiger partial charge in [0, 0.05) is 17.5 Å². The summed E-state index contributed by atoms with van der Waals surface area (Å²) in [6, 6.07) is 7.06. The maximum absolute atomic E-state index is 13.9. The number of hydrogen-bond donors (Lipinski definition) is 1. The van der Waals surface area contributed by atoms with Gasteiger partial charge in [0.05, 0.1) is 5.56 Å². The Morgan fingerprint density at radius 1 is 1.22 bits per heavy atom. The maximum atomic E-state index is 13.9. The topological polar surface area (TPSA) is 72.5 Å². The lowest BCUT2D eigenvalue weighted by Gasteiger charge is -2.06. The molecule has 1 N–H and O–H groups in total. The lowest BCUT2D eigenvalue weighted by molar-refractivity contribution is -0.114. The van der Waals surface area contributed by atoms with Crippen molar-refractivity contribution >= 4 is 34.7 Å². The fourth-order valence-corrected chi connectivity index (χ4v) is 2.61. The van der Waals surface area contributed by atoms with Crippen LogP contribution in [0.4, 0.5) is 10.1 Å². The van der Waals surface area contributed by atoms with E-state index in [1.807, 2.05) is 6.92 Å². The SMILES string of the molecule is CC(=O)Nc1ccc(C(=O)COC(=O)c2ccc(C)s2)c(F)c1. The van der Waals surface area contributed by atoms with Crippen molar-refractivity contribution in [2.45, 2.75) is 13.8 Å². The molecule has 120 valence electrons. The largest absolute Gasteiger partial charge is 0.453 e. The molecule has 1 aromatic carbocycles. The molecule has 5 nitrogen and oxygen atoms in total. The third-order valence-corrected chi connectivity index (χ3v) is 3.85. The Morgan fingerprint density at radius 3 is 2.52 bits per heavy atom. The van der Waals surface area contributed by atoms with Crippen molar-refractivity contribution in [3.05, 3.63) is 51.5 Å². The summed E-state index contributed by atoms with van der Waals surface area (Å²) in [5, 5.41) is 2.41. The van der Waals surface area contributed by atoms with Crippen LogP contribution in [0.5, 0.6) is 0 Å². The van der Waals surface area contributed by atoms with Crippen LogP contribution in [-0.4, -0.2) is 24.3 Å². The lowest BCUT2D eigenvalue weighted by atomic mass is 10.1. The number of rotatable bonds is 5. The molecule has 0 atom stereocenters. The number of ketones is 1. The van der Waals surface area contributed by atoms with E-state index in [1.54, 1.807) is 12.1 Å².